The molecular weight excluding hydrogens is 518 g/mol. The van der Waals surface area contributed by atoms with Gasteiger partial charge in [0.15, 0.2) is 11.5 Å². The number of hydrogen-bond acceptors (Lipinski definition) is 8. The van der Waals surface area contributed by atoms with E-state index < -0.39 is 0 Å². The Morgan fingerprint density at radius 2 is 2.00 bits per heavy atom. The van der Waals surface area contributed by atoms with Crippen molar-refractivity contribution in [3.8, 4) is 27.7 Å². The highest BCUT2D eigenvalue weighted by Crippen LogP contribution is 2.50. The molecule has 0 spiro atoms. The van der Waals surface area contributed by atoms with Gasteiger partial charge in [-0.3, -0.25) is 9.59 Å². The normalized spacial score (nSPS) is 20.9. The van der Waals surface area contributed by atoms with E-state index in [1.54, 1.807) is 25.3 Å². The lowest BCUT2D eigenvalue weighted by atomic mass is 10.1. The second kappa shape index (κ2) is 10.9. The van der Waals surface area contributed by atoms with Crippen molar-refractivity contribution in [2.24, 2.45) is 11.8 Å². The number of methoxy groups -OCH3 is 1. The van der Waals surface area contributed by atoms with Gasteiger partial charge in [0.2, 0.25) is 0 Å². The number of thiazole rings is 1. The van der Waals surface area contributed by atoms with Crippen molar-refractivity contribution in [1.82, 2.24) is 15.2 Å². The van der Waals surface area contributed by atoms with Crippen LogP contribution < -0.4 is 19.5 Å². The molecule has 39 heavy (non-hydrogen) atoms. The quantitative estimate of drug-likeness (QED) is 0.406. The summed E-state index contributed by atoms with van der Waals surface area (Å²) in [4.78, 5) is 34.4. The molecule has 3 aliphatic rings. The van der Waals surface area contributed by atoms with Crippen molar-refractivity contribution in [3.05, 3.63) is 58.7 Å². The molecule has 1 saturated carbocycles. The number of hydrogen-bond donors (Lipinski definition) is 1. The van der Waals surface area contributed by atoms with E-state index >= 15 is 0 Å². The Labute approximate surface area is 231 Å². The van der Waals surface area contributed by atoms with Crippen LogP contribution in [0.15, 0.2) is 42.5 Å². The van der Waals surface area contributed by atoms with Crippen LogP contribution in [0.3, 0.4) is 0 Å². The van der Waals surface area contributed by atoms with Gasteiger partial charge in [-0.2, -0.15) is 0 Å². The molecule has 9 nitrogen and oxygen atoms in total. The molecule has 3 atom stereocenters. The minimum atomic E-state index is -0.232. The summed E-state index contributed by atoms with van der Waals surface area (Å²) in [6.45, 7) is 4.77. The lowest BCUT2D eigenvalue weighted by Crippen LogP contribution is -2.45. The van der Waals surface area contributed by atoms with Crippen molar-refractivity contribution >= 4 is 23.2 Å². The number of carbonyl (C=O) groups excluding carboxylic acids is 2. The first-order valence-corrected chi connectivity index (χ1v) is 14.0. The van der Waals surface area contributed by atoms with Gasteiger partial charge in [-0.05, 0) is 55.0 Å². The molecule has 3 heterocycles. The fourth-order valence-corrected chi connectivity index (χ4v) is 6.39. The van der Waals surface area contributed by atoms with Gasteiger partial charge in [-0.15, -0.1) is 11.3 Å². The van der Waals surface area contributed by atoms with E-state index in [-0.39, 0.29) is 17.9 Å². The summed E-state index contributed by atoms with van der Waals surface area (Å²) in [5.41, 5.74) is 1.79. The largest absolute Gasteiger partial charge is 0.491 e. The third-order valence-corrected chi connectivity index (χ3v) is 8.46. The number of rotatable bonds is 9. The van der Waals surface area contributed by atoms with Crippen molar-refractivity contribution in [2.45, 2.75) is 19.4 Å². The highest BCUT2D eigenvalue weighted by Gasteiger charge is 2.54. The van der Waals surface area contributed by atoms with E-state index in [1.807, 2.05) is 36.1 Å². The Morgan fingerprint density at radius 3 is 2.87 bits per heavy atom. The number of nitrogens with one attached hydrogen (secondary N) is 1. The maximum absolute atomic E-state index is 13.9. The summed E-state index contributed by atoms with van der Waals surface area (Å²) >= 11 is 1.50. The number of aryl methyl sites for hydroxylation is 1. The smallest absolute Gasteiger partial charge is 0.274 e. The summed E-state index contributed by atoms with van der Waals surface area (Å²) in [6.07, 6.45) is 1.08. The molecule has 0 radical (unpaired) electrons. The molecule has 1 saturated heterocycles. The molecule has 0 bridgehead atoms. The van der Waals surface area contributed by atoms with E-state index in [1.165, 1.54) is 11.3 Å². The van der Waals surface area contributed by atoms with Crippen LogP contribution in [0.1, 0.15) is 32.3 Å². The number of nitrogens with zero attached hydrogens (tertiary/aromatic N) is 2. The summed E-state index contributed by atoms with van der Waals surface area (Å²) < 4.78 is 22.2. The minimum absolute atomic E-state index is 0.0817. The van der Waals surface area contributed by atoms with Crippen LogP contribution in [-0.2, 0) is 4.74 Å². The van der Waals surface area contributed by atoms with Crippen LogP contribution in [0.5, 0.6) is 17.2 Å². The summed E-state index contributed by atoms with van der Waals surface area (Å²) in [6, 6.07) is 13.0. The lowest BCUT2D eigenvalue weighted by molar-refractivity contribution is 0.0690. The molecule has 10 heteroatoms. The standard InChI is InChI=1S/C29H31N3O6S/c1-17-31-25(27(39-17)18-5-3-6-20(13-18)36-10-9-35-2)29(34)32-16-19-14-22(19)23(32)15-30-28(33)21-7-4-8-24-26(21)38-12-11-37-24/h3-8,13,19,22-23H,9-12,14-16H2,1-2H3,(H,30,33)/t19-,22-,23-/m1/s1. The summed E-state index contributed by atoms with van der Waals surface area (Å²) in [5, 5.41) is 3.88. The zero-order valence-corrected chi connectivity index (χ0v) is 22.8. The lowest BCUT2D eigenvalue weighted by Gasteiger charge is -2.28. The third kappa shape index (κ3) is 5.18. The number of carbonyl (C=O) groups is 2. The topological polar surface area (TPSA) is 99.2 Å². The van der Waals surface area contributed by atoms with Gasteiger partial charge in [0.05, 0.1) is 28.1 Å². The maximum atomic E-state index is 13.9. The number of ether oxygens (including phenoxy) is 4. The fourth-order valence-electron chi connectivity index (χ4n) is 5.49. The first kappa shape index (κ1) is 25.6. The first-order valence-electron chi connectivity index (χ1n) is 13.2. The number of likely N-dealkylation sites (tertiary alicyclic amines) is 1. The van der Waals surface area contributed by atoms with Crippen LogP contribution >= 0.6 is 11.3 Å². The maximum Gasteiger partial charge on any atom is 0.274 e. The van der Waals surface area contributed by atoms with Crippen LogP contribution in [0.2, 0.25) is 0 Å². The molecule has 1 aliphatic carbocycles. The predicted octanol–water partition coefficient (Wildman–Crippen LogP) is 3.81. The average Bonchev–Trinajstić information content (AvgIpc) is 3.47. The summed E-state index contributed by atoms with van der Waals surface area (Å²) in [5.74, 6) is 2.30. The number of benzene rings is 2. The van der Waals surface area contributed by atoms with Gasteiger partial charge >= 0.3 is 0 Å². The molecule has 2 amide bonds. The molecule has 1 N–H and O–H groups in total. The van der Waals surface area contributed by atoms with Crippen LogP contribution in [0.25, 0.3) is 10.4 Å². The monoisotopic (exact) mass is 549 g/mol. The van der Waals surface area contributed by atoms with E-state index in [4.69, 9.17) is 18.9 Å². The molecule has 1 aromatic heterocycles. The van der Waals surface area contributed by atoms with Crippen molar-refractivity contribution in [3.63, 3.8) is 0 Å². The molecule has 0 unspecified atom stereocenters. The van der Waals surface area contributed by atoms with E-state index in [0.29, 0.717) is 74.1 Å². The number of fused-ring (bicyclic) bond motifs is 2. The Balaban J connectivity index is 1.19. The van der Waals surface area contributed by atoms with Crippen LogP contribution in [0.4, 0.5) is 0 Å². The van der Waals surface area contributed by atoms with Gasteiger partial charge in [0.1, 0.15) is 31.3 Å². The second-order valence-electron chi connectivity index (χ2n) is 10.0. The van der Waals surface area contributed by atoms with Gasteiger partial charge in [0, 0.05) is 20.2 Å². The molecule has 6 rings (SSSR count). The first-order chi connectivity index (χ1) is 19.0. The number of amides is 2. The molecular formula is C29H31N3O6S. The highest BCUT2D eigenvalue weighted by atomic mass is 32.1. The van der Waals surface area contributed by atoms with Gasteiger partial charge < -0.3 is 29.2 Å². The van der Waals surface area contributed by atoms with Gasteiger partial charge in [0.25, 0.3) is 11.8 Å². The molecule has 2 aliphatic heterocycles. The minimum Gasteiger partial charge on any atom is -0.491 e. The molecule has 3 aromatic rings. The van der Waals surface area contributed by atoms with Crippen molar-refractivity contribution in [1.29, 1.82) is 0 Å². The Bertz CT molecular complexity index is 1390. The Kier molecular flexibility index (Phi) is 7.14. The Hall–Kier alpha value is -3.63. The number of para-hydroxylation sites is 1. The SMILES string of the molecule is COCCOc1cccc(-c2sc(C)nc2C(=O)N2C[C@H]3C[C@H]3[C@H]2CNC(=O)c2cccc3c2OCCO3)c1. The predicted molar refractivity (Wildman–Crippen MR) is 146 cm³/mol. The van der Waals surface area contributed by atoms with E-state index in [0.717, 1.165) is 27.6 Å². The average molecular weight is 550 g/mol. The van der Waals surface area contributed by atoms with E-state index in [9.17, 15) is 9.59 Å². The van der Waals surface area contributed by atoms with Gasteiger partial charge in [-0.25, -0.2) is 4.98 Å². The molecule has 2 aromatic carbocycles. The zero-order valence-electron chi connectivity index (χ0n) is 22.0. The van der Waals surface area contributed by atoms with Crippen molar-refractivity contribution in [2.75, 3.05) is 46.6 Å². The summed E-state index contributed by atoms with van der Waals surface area (Å²) in [7, 11) is 1.64. The second-order valence-corrected chi connectivity index (χ2v) is 11.2. The number of piperidine rings is 1. The molecule has 2 fully saturated rings. The highest BCUT2D eigenvalue weighted by molar-refractivity contribution is 7.15. The number of aromatic nitrogens is 1. The van der Waals surface area contributed by atoms with Gasteiger partial charge in [-0.1, -0.05) is 18.2 Å². The van der Waals surface area contributed by atoms with Crippen LogP contribution in [-0.4, -0.2) is 74.4 Å². The molecule has 204 valence electrons. The third-order valence-electron chi connectivity index (χ3n) is 7.44. The fraction of sp³-hybridized carbons (Fsp3) is 0.414. The Morgan fingerprint density at radius 1 is 1.15 bits per heavy atom. The van der Waals surface area contributed by atoms with Crippen molar-refractivity contribution < 1.29 is 28.5 Å². The van der Waals surface area contributed by atoms with E-state index in [2.05, 4.69) is 10.3 Å². The van der Waals surface area contributed by atoms with Crippen LogP contribution in [0, 0.1) is 18.8 Å². The zero-order chi connectivity index (χ0) is 26.9.